The summed E-state index contributed by atoms with van der Waals surface area (Å²) in [6.45, 7) is 3.33. The van der Waals surface area contributed by atoms with Gasteiger partial charge in [-0.25, -0.2) is 9.78 Å². The molecule has 1 rings (SSSR count). The molecule has 0 bridgehead atoms. The zero-order valence-electron chi connectivity index (χ0n) is 9.64. The van der Waals surface area contributed by atoms with Crippen molar-refractivity contribution in [2.75, 3.05) is 20.8 Å². The fourth-order valence-electron chi connectivity index (χ4n) is 1.26. The first kappa shape index (κ1) is 13.1. The van der Waals surface area contributed by atoms with Crippen LogP contribution in [0.2, 0.25) is 0 Å². The van der Waals surface area contributed by atoms with Crippen LogP contribution in [0.4, 0.5) is 0 Å². The first-order valence-electron chi connectivity index (χ1n) is 4.91. The molecule has 0 aliphatic rings. The largest absolute Gasteiger partial charge is 0.476 e. The summed E-state index contributed by atoms with van der Waals surface area (Å²) in [7, 11) is 3.62. The van der Waals surface area contributed by atoms with E-state index in [1.165, 1.54) is 0 Å². The van der Waals surface area contributed by atoms with Crippen LogP contribution in [0.3, 0.4) is 0 Å². The second-order valence-electron chi connectivity index (χ2n) is 3.67. The van der Waals surface area contributed by atoms with Crippen LogP contribution in [0.15, 0.2) is 5.38 Å². The lowest BCUT2D eigenvalue weighted by molar-refractivity contribution is 0.0695. The summed E-state index contributed by atoms with van der Waals surface area (Å²) in [6, 6.07) is 0.278. The number of methoxy groups -OCH3 is 1. The number of ether oxygens (including phenoxy) is 1. The van der Waals surface area contributed by atoms with Gasteiger partial charge in [0.15, 0.2) is 0 Å². The van der Waals surface area contributed by atoms with Gasteiger partial charge in [0.1, 0.15) is 0 Å². The Balaban J connectivity index is 2.55. The molecule has 0 aliphatic carbocycles. The molecule has 1 heterocycles. The van der Waals surface area contributed by atoms with Crippen molar-refractivity contribution in [3.05, 3.63) is 16.1 Å². The molecule has 0 amide bonds. The highest BCUT2D eigenvalue weighted by molar-refractivity contribution is 7.11. The van der Waals surface area contributed by atoms with Gasteiger partial charge in [-0.1, -0.05) is 0 Å². The first-order valence-corrected chi connectivity index (χ1v) is 5.79. The van der Waals surface area contributed by atoms with E-state index < -0.39 is 5.97 Å². The first-order chi connectivity index (χ1) is 7.54. The molecule has 0 saturated heterocycles. The Morgan fingerprint density at radius 3 is 2.94 bits per heavy atom. The van der Waals surface area contributed by atoms with Crippen molar-refractivity contribution < 1.29 is 14.6 Å². The Labute approximate surface area is 98.7 Å². The van der Waals surface area contributed by atoms with E-state index in [2.05, 4.69) is 9.88 Å². The SMILES string of the molecule is COCC(C)N(C)Cc1csc(C(=O)O)n1. The Bertz CT molecular complexity index is 354. The van der Waals surface area contributed by atoms with Crippen LogP contribution in [-0.4, -0.2) is 47.8 Å². The summed E-state index contributed by atoms with van der Waals surface area (Å²) >= 11 is 1.16. The third-order valence-electron chi connectivity index (χ3n) is 2.31. The molecule has 0 fully saturated rings. The van der Waals surface area contributed by atoms with E-state index in [4.69, 9.17) is 9.84 Å². The van der Waals surface area contributed by atoms with E-state index in [9.17, 15) is 4.79 Å². The molecule has 1 atom stereocenters. The monoisotopic (exact) mass is 244 g/mol. The third kappa shape index (κ3) is 3.55. The highest BCUT2D eigenvalue weighted by Gasteiger charge is 2.13. The topological polar surface area (TPSA) is 62.7 Å². The van der Waals surface area contributed by atoms with Crippen molar-refractivity contribution >= 4 is 17.3 Å². The van der Waals surface area contributed by atoms with E-state index in [0.29, 0.717) is 13.2 Å². The van der Waals surface area contributed by atoms with Gasteiger partial charge in [-0.3, -0.25) is 4.90 Å². The van der Waals surface area contributed by atoms with Crippen molar-refractivity contribution in [2.24, 2.45) is 0 Å². The lowest BCUT2D eigenvalue weighted by atomic mass is 10.3. The second kappa shape index (κ2) is 5.93. The molecule has 0 radical (unpaired) electrons. The molecule has 0 aromatic carbocycles. The molecule has 16 heavy (non-hydrogen) atoms. The third-order valence-corrected chi connectivity index (χ3v) is 3.19. The predicted molar refractivity (Wildman–Crippen MR) is 61.9 cm³/mol. The van der Waals surface area contributed by atoms with E-state index in [1.807, 2.05) is 14.0 Å². The van der Waals surface area contributed by atoms with Crippen LogP contribution in [-0.2, 0) is 11.3 Å². The predicted octanol–water partition coefficient (Wildman–Crippen LogP) is 1.31. The molecule has 1 N–H and O–H groups in total. The number of hydrogen-bond donors (Lipinski definition) is 1. The van der Waals surface area contributed by atoms with Gasteiger partial charge in [0, 0.05) is 25.1 Å². The smallest absolute Gasteiger partial charge is 0.365 e. The minimum Gasteiger partial charge on any atom is -0.476 e. The standard InChI is InChI=1S/C10H16N2O3S/c1-7(5-15-3)12(2)4-8-6-16-9(11-8)10(13)14/h6-7H,4-5H2,1-3H3,(H,13,14). The van der Waals surface area contributed by atoms with Crippen molar-refractivity contribution in [1.82, 2.24) is 9.88 Å². The summed E-state index contributed by atoms with van der Waals surface area (Å²) in [5.74, 6) is -0.969. The Morgan fingerprint density at radius 2 is 2.44 bits per heavy atom. The van der Waals surface area contributed by atoms with E-state index >= 15 is 0 Å². The number of aromatic carboxylic acids is 1. The molecular formula is C10H16N2O3S. The summed E-state index contributed by atoms with van der Waals surface area (Å²) in [5, 5.41) is 10.7. The van der Waals surface area contributed by atoms with Gasteiger partial charge in [-0.2, -0.15) is 0 Å². The van der Waals surface area contributed by atoms with E-state index in [1.54, 1.807) is 12.5 Å². The summed E-state index contributed by atoms with van der Waals surface area (Å²) in [6.07, 6.45) is 0. The van der Waals surface area contributed by atoms with E-state index in [0.717, 1.165) is 17.0 Å². The average Bonchev–Trinajstić information content (AvgIpc) is 2.66. The van der Waals surface area contributed by atoms with Gasteiger partial charge in [0.2, 0.25) is 5.01 Å². The number of aromatic nitrogens is 1. The molecule has 0 spiro atoms. The molecule has 6 heteroatoms. The maximum Gasteiger partial charge on any atom is 0.365 e. The van der Waals surface area contributed by atoms with Crippen LogP contribution in [0, 0.1) is 0 Å². The maximum absolute atomic E-state index is 10.7. The Hall–Kier alpha value is -0.980. The zero-order chi connectivity index (χ0) is 12.1. The lowest BCUT2D eigenvalue weighted by Gasteiger charge is -2.22. The summed E-state index contributed by atoms with van der Waals surface area (Å²) in [4.78, 5) is 16.8. The lowest BCUT2D eigenvalue weighted by Crippen LogP contribution is -2.32. The van der Waals surface area contributed by atoms with Gasteiger partial charge >= 0.3 is 5.97 Å². The minimum absolute atomic E-state index is 0.141. The van der Waals surface area contributed by atoms with E-state index in [-0.39, 0.29) is 11.0 Å². The quantitative estimate of drug-likeness (QED) is 0.817. The Morgan fingerprint density at radius 1 is 1.75 bits per heavy atom. The number of carboxylic acid groups (broad SMARTS) is 1. The zero-order valence-corrected chi connectivity index (χ0v) is 10.5. The van der Waals surface area contributed by atoms with Crippen LogP contribution in [0.1, 0.15) is 22.4 Å². The highest BCUT2D eigenvalue weighted by Crippen LogP contribution is 2.12. The molecule has 0 aliphatic heterocycles. The highest BCUT2D eigenvalue weighted by atomic mass is 32.1. The fraction of sp³-hybridized carbons (Fsp3) is 0.600. The van der Waals surface area contributed by atoms with Gasteiger partial charge in [-0.15, -0.1) is 11.3 Å². The number of carbonyl (C=O) groups is 1. The van der Waals surface area contributed by atoms with Crippen molar-refractivity contribution in [3.8, 4) is 0 Å². The van der Waals surface area contributed by atoms with Gasteiger partial charge < -0.3 is 9.84 Å². The van der Waals surface area contributed by atoms with Crippen LogP contribution in [0.25, 0.3) is 0 Å². The van der Waals surface area contributed by atoms with Gasteiger partial charge in [0.25, 0.3) is 0 Å². The molecule has 1 aromatic rings. The maximum atomic E-state index is 10.7. The van der Waals surface area contributed by atoms with Crippen LogP contribution in [0.5, 0.6) is 0 Å². The Kier molecular flexibility index (Phi) is 4.85. The average molecular weight is 244 g/mol. The van der Waals surface area contributed by atoms with Crippen LogP contribution >= 0.6 is 11.3 Å². The molecule has 1 aromatic heterocycles. The van der Waals surface area contributed by atoms with Crippen molar-refractivity contribution in [2.45, 2.75) is 19.5 Å². The van der Waals surface area contributed by atoms with Crippen molar-refractivity contribution in [1.29, 1.82) is 0 Å². The second-order valence-corrected chi connectivity index (χ2v) is 4.53. The number of thiazole rings is 1. The molecule has 1 unspecified atom stereocenters. The number of likely N-dealkylation sites (N-methyl/N-ethyl adjacent to an activating group) is 1. The number of hydrogen-bond acceptors (Lipinski definition) is 5. The summed E-state index contributed by atoms with van der Waals surface area (Å²) in [5.41, 5.74) is 0.785. The van der Waals surface area contributed by atoms with Crippen LogP contribution < -0.4 is 0 Å². The minimum atomic E-state index is -0.969. The molecular weight excluding hydrogens is 228 g/mol. The molecule has 5 nitrogen and oxygen atoms in total. The summed E-state index contributed by atoms with van der Waals surface area (Å²) < 4.78 is 5.05. The molecule has 90 valence electrons. The van der Waals surface area contributed by atoms with Crippen molar-refractivity contribution in [3.63, 3.8) is 0 Å². The fourth-order valence-corrected chi connectivity index (χ4v) is 1.90. The number of carboxylic acids is 1. The van der Waals surface area contributed by atoms with Gasteiger partial charge in [0.05, 0.1) is 12.3 Å². The number of rotatable bonds is 6. The molecule has 0 saturated carbocycles. The normalized spacial score (nSPS) is 13.0. The number of nitrogens with zero attached hydrogens (tertiary/aromatic N) is 2. The van der Waals surface area contributed by atoms with Gasteiger partial charge in [-0.05, 0) is 14.0 Å².